The summed E-state index contributed by atoms with van der Waals surface area (Å²) in [6.07, 6.45) is 1.79. The van der Waals surface area contributed by atoms with Crippen LogP contribution >= 0.6 is 0 Å². The molecule has 0 spiro atoms. The Morgan fingerprint density at radius 2 is 1.79 bits per heavy atom. The normalized spacial score (nSPS) is 11.5. The maximum Gasteiger partial charge on any atom is 0.221 e. The van der Waals surface area contributed by atoms with Gasteiger partial charge in [0.25, 0.3) is 0 Å². The number of anilines is 1. The molecule has 0 atom stereocenters. The molecule has 3 aromatic rings. The molecule has 120 valence electrons. The number of rotatable bonds is 4. The molecule has 3 rings (SSSR count). The summed E-state index contributed by atoms with van der Waals surface area (Å²) in [7, 11) is 0. The molecule has 0 saturated heterocycles. The van der Waals surface area contributed by atoms with E-state index in [4.69, 9.17) is 16.9 Å². The smallest absolute Gasteiger partial charge is 0.221 e. The highest BCUT2D eigenvalue weighted by atomic mass is 15.4. The first kappa shape index (κ1) is 15.5. The molecule has 0 aliphatic heterocycles. The van der Waals surface area contributed by atoms with Gasteiger partial charge in [-0.3, -0.25) is 5.41 Å². The van der Waals surface area contributed by atoms with Crippen LogP contribution in [0.25, 0.3) is 11.3 Å². The largest absolute Gasteiger partial charge is 0.384 e. The van der Waals surface area contributed by atoms with Gasteiger partial charge in [-0.2, -0.15) is 5.10 Å². The van der Waals surface area contributed by atoms with Gasteiger partial charge in [0.05, 0.1) is 17.6 Å². The van der Waals surface area contributed by atoms with Crippen LogP contribution in [0.1, 0.15) is 18.1 Å². The van der Waals surface area contributed by atoms with Crippen LogP contribution in [-0.4, -0.2) is 21.2 Å². The summed E-state index contributed by atoms with van der Waals surface area (Å²) in [5, 5.41) is 12.0. The van der Waals surface area contributed by atoms with Crippen LogP contribution in [0.5, 0.6) is 0 Å². The molecule has 24 heavy (non-hydrogen) atoms. The van der Waals surface area contributed by atoms with Crippen molar-refractivity contribution in [1.29, 1.82) is 5.41 Å². The van der Waals surface area contributed by atoms with Crippen LogP contribution in [0.2, 0.25) is 0 Å². The third-order valence-electron chi connectivity index (χ3n) is 3.63. The molecule has 0 unspecified atom stereocenters. The standard InChI is InChI=1S/C18H18N6/c1-12(14-8-5-9-15(10-14)17(19)20)23-24-11-16(22-18(24)21)13-6-3-2-4-7-13/h2-11H,1H3,(H3,19,20)(H2,21,22)/b23-12+. The monoisotopic (exact) mass is 318 g/mol. The second kappa shape index (κ2) is 6.37. The molecule has 1 heterocycles. The Morgan fingerprint density at radius 1 is 1.08 bits per heavy atom. The molecule has 0 fully saturated rings. The van der Waals surface area contributed by atoms with Crippen molar-refractivity contribution in [3.05, 3.63) is 71.9 Å². The predicted molar refractivity (Wildman–Crippen MR) is 97.1 cm³/mol. The van der Waals surface area contributed by atoms with Gasteiger partial charge in [-0.15, -0.1) is 0 Å². The molecular weight excluding hydrogens is 300 g/mol. The Balaban J connectivity index is 1.95. The van der Waals surface area contributed by atoms with Crippen molar-refractivity contribution in [2.24, 2.45) is 10.8 Å². The summed E-state index contributed by atoms with van der Waals surface area (Å²) < 4.78 is 1.55. The second-order valence-electron chi connectivity index (χ2n) is 5.37. The van der Waals surface area contributed by atoms with Gasteiger partial charge >= 0.3 is 0 Å². The Morgan fingerprint density at radius 3 is 2.50 bits per heavy atom. The number of nitrogens with two attached hydrogens (primary N) is 2. The third-order valence-corrected chi connectivity index (χ3v) is 3.63. The summed E-state index contributed by atoms with van der Waals surface area (Å²) in [5.74, 6) is 0.342. The van der Waals surface area contributed by atoms with Crippen LogP contribution < -0.4 is 11.5 Å². The number of benzene rings is 2. The minimum absolute atomic E-state index is 0.0261. The van der Waals surface area contributed by atoms with E-state index in [9.17, 15) is 0 Å². The molecule has 1 aromatic heterocycles. The summed E-state index contributed by atoms with van der Waals surface area (Å²) in [5.41, 5.74) is 15.5. The number of hydrogen-bond acceptors (Lipinski definition) is 4. The summed E-state index contributed by atoms with van der Waals surface area (Å²) in [6.45, 7) is 1.88. The van der Waals surface area contributed by atoms with Crippen molar-refractivity contribution in [1.82, 2.24) is 9.66 Å². The van der Waals surface area contributed by atoms with Gasteiger partial charge in [-0.25, -0.2) is 9.66 Å². The lowest BCUT2D eigenvalue weighted by molar-refractivity contribution is 0.890. The summed E-state index contributed by atoms with van der Waals surface area (Å²) in [6, 6.07) is 17.2. The van der Waals surface area contributed by atoms with Crippen molar-refractivity contribution in [3.8, 4) is 11.3 Å². The fourth-order valence-corrected chi connectivity index (χ4v) is 2.34. The van der Waals surface area contributed by atoms with Crippen molar-refractivity contribution in [2.45, 2.75) is 6.92 Å². The number of imidazole rings is 1. The first-order valence-corrected chi connectivity index (χ1v) is 7.45. The zero-order chi connectivity index (χ0) is 17.1. The zero-order valence-electron chi connectivity index (χ0n) is 13.3. The van der Waals surface area contributed by atoms with Gasteiger partial charge in [0, 0.05) is 11.1 Å². The van der Waals surface area contributed by atoms with Gasteiger partial charge < -0.3 is 11.5 Å². The minimum Gasteiger partial charge on any atom is -0.384 e. The topological polar surface area (TPSA) is 106 Å². The van der Waals surface area contributed by atoms with Crippen LogP contribution in [0.15, 0.2) is 65.9 Å². The lowest BCUT2D eigenvalue weighted by atomic mass is 10.1. The molecule has 0 amide bonds. The predicted octanol–water partition coefficient (Wildman–Crippen LogP) is 2.69. The molecule has 6 heteroatoms. The Labute approximate surface area is 140 Å². The first-order chi connectivity index (χ1) is 11.5. The summed E-state index contributed by atoms with van der Waals surface area (Å²) >= 11 is 0. The minimum atomic E-state index is 0.0261. The average molecular weight is 318 g/mol. The van der Waals surface area contributed by atoms with Gasteiger partial charge in [-0.1, -0.05) is 48.5 Å². The molecule has 6 nitrogen and oxygen atoms in total. The average Bonchev–Trinajstić information content (AvgIpc) is 2.96. The van der Waals surface area contributed by atoms with Gasteiger partial charge in [0.2, 0.25) is 5.95 Å². The molecule has 0 saturated carbocycles. The molecular formula is C18H18N6. The lowest BCUT2D eigenvalue weighted by Gasteiger charge is -2.04. The SMILES string of the molecule is C/C(=N\n1cc(-c2ccccc2)nc1N)c1cccc(C(=N)N)c1. The van der Waals surface area contributed by atoms with E-state index >= 15 is 0 Å². The van der Waals surface area contributed by atoms with E-state index in [0.717, 1.165) is 22.5 Å². The van der Waals surface area contributed by atoms with Gasteiger partial charge in [-0.05, 0) is 18.6 Å². The molecule has 0 bridgehead atoms. The second-order valence-corrected chi connectivity index (χ2v) is 5.37. The van der Waals surface area contributed by atoms with E-state index in [1.54, 1.807) is 16.9 Å². The number of amidine groups is 1. The van der Waals surface area contributed by atoms with Gasteiger partial charge in [0.1, 0.15) is 5.84 Å². The fourth-order valence-electron chi connectivity index (χ4n) is 2.34. The third kappa shape index (κ3) is 3.17. The zero-order valence-corrected chi connectivity index (χ0v) is 13.3. The van der Waals surface area contributed by atoms with E-state index in [-0.39, 0.29) is 5.84 Å². The lowest BCUT2D eigenvalue weighted by Crippen LogP contribution is -2.12. The maximum absolute atomic E-state index is 7.53. The number of aromatic nitrogens is 2. The van der Waals surface area contributed by atoms with E-state index in [1.807, 2.05) is 55.5 Å². The highest BCUT2D eigenvalue weighted by molar-refractivity contribution is 6.02. The molecule has 0 radical (unpaired) electrons. The number of nitrogen functional groups attached to an aromatic ring is 2. The molecule has 5 N–H and O–H groups in total. The Kier molecular flexibility index (Phi) is 4.11. The van der Waals surface area contributed by atoms with E-state index < -0.39 is 0 Å². The van der Waals surface area contributed by atoms with Crippen LogP contribution in [0, 0.1) is 5.41 Å². The Bertz CT molecular complexity index is 908. The quantitative estimate of drug-likeness (QED) is 0.508. The number of hydrogen-bond donors (Lipinski definition) is 3. The first-order valence-electron chi connectivity index (χ1n) is 7.45. The van der Waals surface area contributed by atoms with E-state index in [0.29, 0.717) is 11.5 Å². The van der Waals surface area contributed by atoms with E-state index in [2.05, 4.69) is 10.1 Å². The van der Waals surface area contributed by atoms with Crippen LogP contribution in [0.3, 0.4) is 0 Å². The van der Waals surface area contributed by atoms with Crippen molar-refractivity contribution in [2.75, 3.05) is 5.73 Å². The maximum atomic E-state index is 7.53. The Hall–Kier alpha value is -3.41. The van der Waals surface area contributed by atoms with Crippen molar-refractivity contribution >= 4 is 17.5 Å². The van der Waals surface area contributed by atoms with Gasteiger partial charge in [0.15, 0.2) is 0 Å². The molecule has 2 aromatic carbocycles. The molecule has 0 aliphatic carbocycles. The van der Waals surface area contributed by atoms with Crippen molar-refractivity contribution in [3.63, 3.8) is 0 Å². The van der Waals surface area contributed by atoms with Crippen LogP contribution in [0.4, 0.5) is 5.95 Å². The molecule has 0 aliphatic rings. The number of nitrogens with one attached hydrogen (secondary N) is 1. The van der Waals surface area contributed by atoms with Crippen molar-refractivity contribution < 1.29 is 0 Å². The van der Waals surface area contributed by atoms with E-state index in [1.165, 1.54) is 0 Å². The highest BCUT2D eigenvalue weighted by Gasteiger charge is 2.07. The number of nitrogens with zero attached hydrogens (tertiary/aromatic N) is 3. The highest BCUT2D eigenvalue weighted by Crippen LogP contribution is 2.19. The van der Waals surface area contributed by atoms with Crippen LogP contribution in [-0.2, 0) is 0 Å². The summed E-state index contributed by atoms with van der Waals surface area (Å²) in [4.78, 5) is 4.35. The fraction of sp³-hybridized carbons (Fsp3) is 0.0556.